The van der Waals surface area contributed by atoms with Gasteiger partial charge >= 0.3 is 5.97 Å². The topological polar surface area (TPSA) is 26.3 Å². The van der Waals surface area contributed by atoms with Gasteiger partial charge in [-0.05, 0) is 38.3 Å². The molecule has 1 aromatic carbocycles. The molecule has 2 rings (SSSR count). The average molecular weight is 301 g/mol. The number of esters is 1. The van der Waals surface area contributed by atoms with Crippen LogP contribution >= 0.6 is 15.9 Å². The molecule has 1 aliphatic heterocycles. The van der Waals surface area contributed by atoms with Crippen molar-refractivity contribution in [3.63, 3.8) is 0 Å². The van der Waals surface area contributed by atoms with Crippen LogP contribution in [0.2, 0.25) is 0 Å². The largest absolute Gasteiger partial charge is 0.451 e. The van der Waals surface area contributed by atoms with Crippen molar-refractivity contribution in [2.75, 3.05) is 6.67 Å². The van der Waals surface area contributed by atoms with E-state index in [1.54, 1.807) is 6.07 Å². The minimum absolute atomic E-state index is 0.288. The van der Waals surface area contributed by atoms with Crippen molar-refractivity contribution in [3.05, 3.63) is 33.8 Å². The molecule has 0 fully saturated rings. The predicted octanol–water partition coefficient (Wildman–Crippen LogP) is 3.97. The Balaban J connectivity index is 2.26. The SMILES string of the molecule is C[C@]1(CCCCF)OC(=O)c2cc(Br)ccc21. The maximum Gasteiger partial charge on any atom is 0.339 e. The molecular weight excluding hydrogens is 287 g/mol. The monoisotopic (exact) mass is 300 g/mol. The van der Waals surface area contributed by atoms with Crippen molar-refractivity contribution >= 4 is 21.9 Å². The van der Waals surface area contributed by atoms with Gasteiger partial charge in [0.25, 0.3) is 0 Å². The Kier molecular flexibility index (Phi) is 3.52. The van der Waals surface area contributed by atoms with Crippen LogP contribution in [0.4, 0.5) is 4.39 Å². The lowest BCUT2D eigenvalue weighted by atomic mass is 9.89. The second-order valence-corrected chi connectivity index (χ2v) is 5.37. The average Bonchev–Trinajstić information content (AvgIpc) is 2.52. The third-order valence-corrected chi connectivity index (χ3v) is 3.62. The van der Waals surface area contributed by atoms with E-state index in [1.807, 2.05) is 19.1 Å². The Morgan fingerprint density at radius 1 is 1.41 bits per heavy atom. The number of hydrogen-bond acceptors (Lipinski definition) is 2. The van der Waals surface area contributed by atoms with Crippen LogP contribution < -0.4 is 0 Å². The highest BCUT2D eigenvalue weighted by Crippen LogP contribution is 2.40. The molecule has 0 bridgehead atoms. The lowest BCUT2D eigenvalue weighted by molar-refractivity contribution is -0.00425. The number of halogens is 2. The fourth-order valence-electron chi connectivity index (χ4n) is 2.20. The molecule has 2 nitrogen and oxygen atoms in total. The first kappa shape index (κ1) is 12.6. The van der Waals surface area contributed by atoms with Crippen molar-refractivity contribution in [3.8, 4) is 0 Å². The molecule has 92 valence electrons. The summed E-state index contributed by atoms with van der Waals surface area (Å²) in [6, 6.07) is 5.58. The number of alkyl halides is 1. The van der Waals surface area contributed by atoms with Gasteiger partial charge in [-0.1, -0.05) is 22.0 Å². The highest BCUT2D eigenvalue weighted by molar-refractivity contribution is 9.10. The van der Waals surface area contributed by atoms with Gasteiger partial charge in [0.1, 0.15) is 5.60 Å². The summed E-state index contributed by atoms with van der Waals surface area (Å²) in [4.78, 5) is 11.7. The van der Waals surface area contributed by atoms with Crippen LogP contribution in [-0.4, -0.2) is 12.6 Å². The fourth-order valence-corrected chi connectivity index (χ4v) is 2.56. The number of carbonyl (C=O) groups is 1. The van der Waals surface area contributed by atoms with E-state index in [0.717, 1.165) is 16.5 Å². The number of ether oxygens (including phenoxy) is 1. The van der Waals surface area contributed by atoms with Crippen molar-refractivity contribution < 1.29 is 13.9 Å². The Hall–Kier alpha value is -0.900. The fraction of sp³-hybridized carbons (Fsp3) is 0.462. The third-order valence-electron chi connectivity index (χ3n) is 3.13. The number of hydrogen-bond donors (Lipinski definition) is 0. The summed E-state index contributed by atoms with van der Waals surface area (Å²) in [5.41, 5.74) is 0.925. The minimum Gasteiger partial charge on any atom is -0.451 e. The van der Waals surface area contributed by atoms with Crippen LogP contribution in [0.5, 0.6) is 0 Å². The van der Waals surface area contributed by atoms with Gasteiger partial charge in [0.15, 0.2) is 0 Å². The summed E-state index contributed by atoms with van der Waals surface area (Å²) >= 11 is 3.34. The second-order valence-electron chi connectivity index (χ2n) is 4.46. The highest BCUT2D eigenvalue weighted by atomic mass is 79.9. The second kappa shape index (κ2) is 4.77. The van der Waals surface area contributed by atoms with Gasteiger partial charge in [-0.15, -0.1) is 0 Å². The molecule has 0 aliphatic carbocycles. The van der Waals surface area contributed by atoms with Crippen LogP contribution in [0.3, 0.4) is 0 Å². The number of rotatable bonds is 4. The minimum atomic E-state index is -0.595. The molecule has 1 heterocycles. The van der Waals surface area contributed by atoms with Gasteiger partial charge in [0.05, 0.1) is 12.2 Å². The highest BCUT2D eigenvalue weighted by Gasteiger charge is 2.40. The molecular formula is C13H14BrFO2. The Morgan fingerprint density at radius 3 is 2.88 bits per heavy atom. The molecule has 17 heavy (non-hydrogen) atoms. The summed E-state index contributed by atoms with van der Waals surface area (Å²) in [6.45, 7) is 1.57. The predicted molar refractivity (Wildman–Crippen MR) is 66.7 cm³/mol. The van der Waals surface area contributed by atoms with Crippen LogP contribution in [0.25, 0.3) is 0 Å². The molecule has 1 atom stereocenters. The summed E-state index contributed by atoms with van der Waals surface area (Å²) in [5.74, 6) is -0.288. The molecule has 1 aliphatic rings. The molecule has 0 saturated carbocycles. The molecule has 0 amide bonds. The van der Waals surface area contributed by atoms with E-state index >= 15 is 0 Å². The Labute approximate surface area is 108 Å². The third kappa shape index (κ3) is 2.37. The standard InChI is InChI=1S/C13H14BrFO2/c1-13(6-2-3-7-15)11-5-4-9(14)8-10(11)12(16)17-13/h4-5,8H,2-3,6-7H2,1H3/t13-/m1/s1. The smallest absolute Gasteiger partial charge is 0.339 e. The quantitative estimate of drug-likeness (QED) is 0.621. The normalized spacial score (nSPS) is 22.4. The molecule has 0 spiro atoms. The number of unbranched alkanes of at least 4 members (excludes halogenated alkanes) is 1. The van der Waals surface area contributed by atoms with E-state index in [-0.39, 0.29) is 12.6 Å². The first-order valence-corrected chi connectivity index (χ1v) is 6.45. The Bertz CT molecular complexity index is 447. The van der Waals surface area contributed by atoms with Gasteiger partial charge in [0, 0.05) is 10.0 Å². The number of cyclic esters (lactones) is 1. The van der Waals surface area contributed by atoms with E-state index in [0.29, 0.717) is 18.4 Å². The number of carbonyl (C=O) groups excluding carboxylic acids is 1. The van der Waals surface area contributed by atoms with Gasteiger partial charge in [-0.2, -0.15) is 0 Å². The first-order valence-electron chi connectivity index (χ1n) is 5.66. The molecule has 4 heteroatoms. The molecule has 0 radical (unpaired) electrons. The van der Waals surface area contributed by atoms with Gasteiger partial charge in [-0.3, -0.25) is 4.39 Å². The van der Waals surface area contributed by atoms with Crippen molar-refractivity contribution in [2.24, 2.45) is 0 Å². The summed E-state index contributed by atoms with van der Waals surface area (Å²) in [6.07, 6.45) is 1.89. The summed E-state index contributed by atoms with van der Waals surface area (Å²) in [5, 5.41) is 0. The van der Waals surface area contributed by atoms with E-state index in [4.69, 9.17) is 4.74 Å². The van der Waals surface area contributed by atoms with E-state index < -0.39 is 5.60 Å². The molecule has 0 unspecified atom stereocenters. The molecule has 0 N–H and O–H groups in total. The van der Waals surface area contributed by atoms with Crippen LogP contribution in [0.1, 0.15) is 42.1 Å². The van der Waals surface area contributed by atoms with E-state index in [1.165, 1.54) is 0 Å². The van der Waals surface area contributed by atoms with Gasteiger partial charge < -0.3 is 4.74 Å². The number of fused-ring (bicyclic) bond motifs is 1. The van der Waals surface area contributed by atoms with Crippen LogP contribution in [0, 0.1) is 0 Å². The van der Waals surface area contributed by atoms with Gasteiger partial charge in [-0.25, -0.2) is 4.79 Å². The maximum absolute atomic E-state index is 12.1. The van der Waals surface area contributed by atoms with E-state index in [2.05, 4.69) is 15.9 Å². The summed E-state index contributed by atoms with van der Waals surface area (Å²) in [7, 11) is 0. The molecule has 0 aromatic heterocycles. The Morgan fingerprint density at radius 2 is 2.18 bits per heavy atom. The zero-order valence-corrected chi connectivity index (χ0v) is 11.2. The van der Waals surface area contributed by atoms with Crippen molar-refractivity contribution in [1.29, 1.82) is 0 Å². The van der Waals surface area contributed by atoms with Gasteiger partial charge in [0.2, 0.25) is 0 Å². The van der Waals surface area contributed by atoms with Crippen molar-refractivity contribution in [2.45, 2.75) is 31.8 Å². The molecule has 1 aromatic rings. The molecule has 0 saturated heterocycles. The lowest BCUT2D eigenvalue weighted by Gasteiger charge is -2.23. The van der Waals surface area contributed by atoms with Crippen molar-refractivity contribution in [1.82, 2.24) is 0 Å². The number of benzene rings is 1. The van der Waals surface area contributed by atoms with Crippen LogP contribution in [-0.2, 0) is 10.3 Å². The lowest BCUT2D eigenvalue weighted by Crippen LogP contribution is -2.21. The zero-order chi connectivity index (χ0) is 12.5. The first-order chi connectivity index (χ1) is 8.07. The zero-order valence-electron chi connectivity index (χ0n) is 9.63. The van der Waals surface area contributed by atoms with Crippen LogP contribution in [0.15, 0.2) is 22.7 Å². The maximum atomic E-state index is 12.1. The van der Waals surface area contributed by atoms with E-state index in [9.17, 15) is 9.18 Å². The summed E-state index contributed by atoms with van der Waals surface area (Å²) < 4.78 is 18.4.